The Labute approximate surface area is 156 Å². The number of rotatable bonds is 5. The second-order valence-electron chi connectivity index (χ2n) is 6.41. The van der Waals surface area contributed by atoms with E-state index in [9.17, 15) is 4.39 Å². The fourth-order valence-corrected chi connectivity index (χ4v) is 3.75. The van der Waals surface area contributed by atoms with E-state index >= 15 is 0 Å². The molecule has 1 heterocycles. The number of methoxy groups -OCH3 is 1. The van der Waals surface area contributed by atoms with Crippen LogP contribution in [0.25, 0.3) is 0 Å². The lowest BCUT2D eigenvalue weighted by Gasteiger charge is -2.33. The molecule has 2 unspecified atom stereocenters. The number of nitrogens with one attached hydrogen (secondary N) is 1. The van der Waals surface area contributed by atoms with Gasteiger partial charge in [0.15, 0.2) is 0 Å². The first-order chi connectivity index (χ1) is 12.1. The monoisotopic (exact) mass is 407 g/mol. The van der Waals surface area contributed by atoms with Crippen molar-refractivity contribution in [3.63, 3.8) is 0 Å². The Morgan fingerprint density at radius 1 is 1.24 bits per heavy atom. The number of hydrogen-bond donors (Lipinski definition) is 1. The van der Waals surface area contributed by atoms with Crippen molar-refractivity contribution in [2.45, 2.75) is 32.0 Å². The first-order valence-corrected chi connectivity index (χ1v) is 9.28. The van der Waals surface area contributed by atoms with Crippen LogP contribution in [0.1, 0.15) is 29.0 Å². The van der Waals surface area contributed by atoms with E-state index in [1.54, 1.807) is 13.2 Å². The zero-order chi connectivity index (χ0) is 17.8. The Balaban J connectivity index is 1.75. The molecular formula is C20H23BrFNO2. The van der Waals surface area contributed by atoms with Gasteiger partial charge >= 0.3 is 0 Å². The van der Waals surface area contributed by atoms with Gasteiger partial charge in [-0.25, -0.2) is 4.39 Å². The molecule has 1 aliphatic rings. The van der Waals surface area contributed by atoms with Crippen LogP contribution in [0, 0.1) is 12.7 Å². The molecule has 2 atom stereocenters. The topological polar surface area (TPSA) is 30.5 Å². The van der Waals surface area contributed by atoms with Crippen molar-refractivity contribution in [2.24, 2.45) is 0 Å². The molecule has 3 rings (SSSR count). The number of piperidine rings is 1. The number of halogens is 2. The zero-order valence-corrected chi connectivity index (χ0v) is 16.1. The maximum Gasteiger partial charge on any atom is 0.123 e. The first kappa shape index (κ1) is 18.4. The highest BCUT2D eigenvalue weighted by molar-refractivity contribution is 9.10. The minimum Gasteiger partial charge on any atom is -0.497 e. The molecule has 0 aromatic heterocycles. The molecule has 0 bridgehead atoms. The maximum atomic E-state index is 13.4. The highest BCUT2D eigenvalue weighted by Gasteiger charge is 2.28. The van der Waals surface area contributed by atoms with Crippen molar-refractivity contribution in [3.8, 4) is 5.75 Å². The van der Waals surface area contributed by atoms with Gasteiger partial charge < -0.3 is 14.8 Å². The van der Waals surface area contributed by atoms with Crippen molar-refractivity contribution in [1.29, 1.82) is 0 Å². The normalized spacial score (nSPS) is 20.5. The Kier molecular flexibility index (Phi) is 6.10. The van der Waals surface area contributed by atoms with Crippen LogP contribution in [0.4, 0.5) is 4.39 Å². The van der Waals surface area contributed by atoms with Gasteiger partial charge in [-0.2, -0.15) is 0 Å². The Bertz CT molecular complexity index is 738. The van der Waals surface area contributed by atoms with Crippen LogP contribution in [0.2, 0.25) is 0 Å². The van der Waals surface area contributed by atoms with Crippen molar-refractivity contribution in [1.82, 2.24) is 5.32 Å². The fraction of sp³-hybridized carbons (Fsp3) is 0.400. The molecule has 1 N–H and O–H groups in total. The Morgan fingerprint density at radius 2 is 2.08 bits per heavy atom. The van der Waals surface area contributed by atoms with Crippen LogP contribution in [-0.2, 0) is 11.3 Å². The van der Waals surface area contributed by atoms with Gasteiger partial charge in [-0.3, -0.25) is 0 Å². The summed E-state index contributed by atoms with van der Waals surface area (Å²) in [5.41, 5.74) is 3.20. The molecule has 1 aliphatic heterocycles. The Morgan fingerprint density at radius 3 is 2.84 bits per heavy atom. The zero-order valence-electron chi connectivity index (χ0n) is 14.5. The molecular weight excluding hydrogens is 385 g/mol. The third kappa shape index (κ3) is 4.40. The van der Waals surface area contributed by atoms with Crippen molar-refractivity contribution < 1.29 is 13.9 Å². The van der Waals surface area contributed by atoms with Gasteiger partial charge in [-0.1, -0.05) is 22.0 Å². The van der Waals surface area contributed by atoms with E-state index in [1.165, 1.54) is 6.07 Å². The fourth-order valence-electron chi connectivity index (χ4n) is 3.38. The van der Waals surface area contributed by atoms with Crippen LogP contribution >= 0.6 is 15.9 Å². The number of aryl methyl sites for hydroxylation is 1. The summed E-state index contributed by atoms with van der Waals surface area (Å²) in [5.74, 6) is 0.847. The lowest BCUT2D eigenvalue weighted by molar-refractivity contribution is 0.00646. The van der Waals surface area contributed by atoms with Crippen LogP contribution in [-0.4, -0.2) is 26.3 Å². The predicted octanol–water partition coefficient (Wildman–Crippen LogP) is 4.57. The highest BCUT2D eigenvalue weighted by atomic mass is 79.9. The summed E-state index contributed by atoms with van der Waals surface area (Å²) in [4.78, 5) is 0. The maximum absolute atomic E-state index is 13.4. The van der Waals surface area contributed by atoms with Crippen LogP contribution < -0.4 is 10.1 Å². The molecule has 2 aromatic rings. The Hall–Kier alpha value is -1.43. The molecule has 1 saturated heterocycles. The van der Waals surface area contributed by atoms with E-state index in [1.807, 2.05) is 31.2 Å². The van der Waals surface area contributed by atoms with Crippen LogP contribution in [0.3, 0.4) is 0 Å². The van der Waals surface area contributed by atoms with E-state index in [0.29, 0.717) is 6.61 Å². The lowest BCUT2D eigenvalue weighted by Crippen LogP contribution is -2.40. The van der Waals surface area contributed by atoms with Gasteiger partial charge in [0.2, 0.25) is 0 Å². The average molecular weight is 408 g/mol. The summed E-state index contributed by atoms with van der Waals surface area (Å²) in [5, 5.41) is 3.43. The summed E-state index contributed by atoms with van der Waals surface area (Å²) >= 11 is 3.57. The van der Waals surface area contributed by atoms with Crippen LogP contribution in [0.15, 0.2) is 40.9 Å². The molecule has 2 aromatic carbocycles. The average Bonchev–Trinajstić information content (AvgIpc) is 2.61. The molecule has 0 amide bonds. The second-order valence-corrected chi connectivity index (χ2v) is 7.26. The number of benzene rings is 2. The van der Waals surface area contributed by atoms with E-state index in [4.69, 9.17) is 9.47 Å². The summed E-state index contributed by atoms with van der Waals surface area (Å²) < 4.78 is 26.0. The van der Waals surface area contributed by atoms with Crippen molar-refractivity contribution in [2.75, 3.05) is 20.2 Å². The second kappa shape index (κ2) is 8.30. The minimum atomic E-state index is -0.192. The molecule has 25 heavy (non-hydrogen) atoms. The van der Waals surface area contributed by atoms with Crippen molar-refractivity contribution in [3.05, 3.63) is 63.4 Å². The van der Waals surface area contributed by atoms with Gasteiger partial charge in [-0.15, -0.1) is 0 Å². The van der Waals surface area contributed by atoms with Gasteiger partial charge in [0.25, 0.3) is 0 Å². The molecule has 0 radical (unpaired) electrons. The van der Waals surface area contributed by atoms with E-state index < -0.39 is 0 Å². The molecule has 0 aliphatic carbocycles. The van der Waals surface area contributed by atoms with E-state index in [0.717, 1.165) is 46.4 Å². The summed E-state index contributed by atoms with van der Waals surface area (Å²) in [6.07, 6.45) is 1.03. The molecule has 134 valence electrons. The summed E-state index contributed by atoms with van der Waals surface area (Å²) in [7, 11) is 1.66. The molecule has 0 saturated carbocycles. The minimum absolute atomic E-state index is 0.100. The SMILES string of the molecule is COc1ccc(Br)c(COC2CCNCC2c2ccc(F)cc2C)c1. The standard InChI is InChI=1S/C20H23BrFNO2/c1-13-9-15(22)3-5-17(13)18-11-23-8-7-20(18)25-12-14-10-16(24-2)4-6-19(14)21/h3-6,9-10,18,20,23H,7-8,11-12H2,1-2H3. The third-order valence-electron chi connectivity index (χ3n) is 4.76. The predicted molar refractivity (Wildman–Crippen MR) is 101 cm³/mol. The number of hydrogen-bond acceptors (Lipinski definition) is 3. The van der Waals surface area contributed by atoms with E-state index in [2.05, 4.69) is 21.2 Å². The van der Waals surface area contributed by atoms with Crippen molar-refractivity contribution >= 4 is 15.9 Å². The smallest absolute Gasteiger partial charge is 0.123 e. The first-order valence-electron chi connectivity index (χ1n) is 8.49. The molecule has 5 heteroatoms. The molecule has 3 nitrogen and oxygen atoms in total. The quantitative estimate of drug-likeness (QED) is 0.787. The van der Waals surface area contributed by atoms with Gasteiger partial charge in [-0.05, 0) is 66.9 Å². The highest BCUT2D eigenvalue weighted by Crippen LogP contribution is 2.31. The van der Waals surface area contributed by atoms with E-state index in [-0.39, 0.29) is 17.8 Å². The molecule has 1 fully saturated rings. The lowest BCUT2D eigenvalue weighted by atomic mass is 9.86. The van der Waals surface area contributed by atoms with Crippen LogP contribution in [0.5, 0.6) is 5.75 Å². The van der Waals surface area contributed by atoms with Gasteiger partial charge in [0.1, 0.15) is 11.6 Å². The third-order valence-corrected chi connectivity index (χ3v) is 5.53. The van der Waals surface area contributed by atoms with Gasteiger partial charge in [0.05, 0.1) is 19.8 Å². The molecule has 0 spiro atoms. The number of ether oxygens (including phenoxy) is 2. The summed E-state index contributed by atoms with van der Waals surface area (Å²) in [6.45, 7) is 4.25. The van der Waals surface area contributed by atoms with Gasteiger partial charge in [0, 0.05) is 16.9 Å². The largest absolute Gasteiger partial charge is 0.497 e. The summed E-state index contributed by atoms with van der Waals surface area (Å²) in [6, 6.07) is 10.9.